The molecule has 2 fully saturated rings. The lowest BCUT2D eigenvalue weighted by molar-refractivity contribution is -0.135. The highest BCUT2D eigenvalue weighted by atomic mass is 16.5. The van der Waals surface area contributed by atoms with Crippen LogP contribution in [0.1, 0.15) is 17.6 Å². The van der Waals surface area contributed by atoms with Crippen LogP contribution >= 0.6 is 0 Å². The summed E-state index contributed by atoms with van der Waals surface area (Å²) in [6, 6.07) is -0.194. The Labute approximate surface area is 132 Å². The van der Waals surface area contributed by atoms with E-state index in [0.29, 0.717) is 23.6 Å². The number of hydrazone groups is 1. The normalized spacial score (nSPS) is 37.1. The zero-order chi connectivity index (χ0) is 15.4. The van der Waals surface area contributed by atoms with Gasteiger partial charge in [-0.25, -0.2) is 5.01 Å². The first kappa shape index (κ1) is 13.1. The first-order valence-electron chi connectivity index (χ1n) is 7.90. The molecular formula is C15H16N6O2. The Balaban J connectivity index is 1.31. The predicted octanol–water partition coefficient (Wildman–Crippen LogP) is -0.0442. The van der Waals surface area contributed by atoms with E-state index in [1.807, 2.05) is 6.08 Å². The van der Waals surface area contributed by atoms with Crippen molar-refractivity contribution >= 4 is 18.3 Å². The van der Waals surface area contributed by atoms with Crippen LogP contribution in [0.2, 0.25) is 0 Å². The highest BCUT2D eigenvalue weighted by Crippen LogP contribution is 2.54. The smallest absolute Gasteiger partial charge is 0.252 e. The monoisotopic (exact) mass is 312 g/mol. The van der Waals surface area contributed by atoms with Gasteiger partial charge in [-0.2, -0.15) is 10.1 Å². The fourth-order valence-corrected chi connectivity index (χ4v) is 3.78. The van der Waals surface area contributed by atoms with Gasteiger partial charge in [0.2, 0.25) is 5.89 Å². The van der Waals surface area contributed by atoms with Gasteiger partial charge in [0.25, 0.3) is 5.91 Å². The number of aromatic nitrogens is 2. The van der Waals surface area contributed by atoms with Gasteiger partial charge in [-0.15, -0.1) is 0 Å². The number of aliphatic imine (C=N–C) groups is 1. The van der Waals surface area contributed by atoms with E-state index in [0.717, 1.165) is 18.9 Å². The average Bonchev–Trinajstić information content (AvgIpc) is 2.96. The number of piperidine rings is 1. The van der Waals surface area contributed by atoms with Crippen LogP contribution in [-0.2, 0) is 11.3 Å². The third-order valence-corrected chi connectivity index (χ3v) is 5.09. The zero-order valence-corrected chi connectivity index (χ0v) is 12.4. The number of amides is 1. The molecule has 0 aromatic carbocycles. The van der Waals surface area contributed by atoms with Gasteiger partial charge >= 0.3 is 0 Å². The summed E-state index contributed by atoms with van der Waals surface area (Å²) in [5, 5.41) is 13.0. The number of hydrogen-bond donors (Lipinski definition) is 1. The average molecular weight is 312 g/mol. The van der Waals surface area contributed by atoms with Crippen LogP contribution in [0.5, 0.6) is 0 Å². The fraction of sp³-hybridized carbons (Fsp3) is 0.533. The maximum atomic E-state index is 12.5. The van der Waals surface area contributed by atoms with Crippen molar-refractivity contribution in [1.29, 1.82) is 0 Å². The summed E-state index contributed by atoms with van der Waals surface area (Å²) in [7, 11) is 0. The molecule has 1 N–H and O–H groups in total. The van der Waals surface area contributed by atoms with Gasteiger partial charge in [0, 0.05) is 12.1 Å². The first-order valence-corrected chi connectivity index (χ1v) is 7.90. The second-order valence-electron chi connectivity index (χ2n) is 6.42. The van der Waals surface area contributed by atoms with Crippen LogP contribution in [0.3, 0.4) is 0 Å². The molecule has 1 aliphatic carbocycles. The minimum Gasteiger partial charge on any atom is -0.337 e. The van der Waals surface area contributed by atoms with E-state index < -0.39 is 0 Å². The van der Waals surface area contributed by atoms with Gasteiger partial charge in [-0.05, 0) is 31.0 Å². The molecule has 8 heteroatoms. The van der Waals surface area contributed by atoms with Gasteiger partial charge in [-0.3, -0.25) is 9.79 Å². The molecule has 5 rings (SSSR count). The maximum absolute atomic E-state index is 12.5. The quantitative estimate of drug-likeness (QED) is 0.844. The summed E-state index contributed by atoms with van der Waals surface area (Å²) in [6.07, 6.45) is 7.04. The second kappa shape index (κ2) is 4.82. The SMILES string of the molecule is O=C1C2C=CC=NC2C=NN1Cc1nc(C2C3CNCC32)no1. The van der Waals surface area contributed by atoms with Gasteiger partial charge in [0.05, 0.1) is 12.1 Å². The van der Waals surface area contributed by atoms with Gasteiger partial charge < -0.3 is 9.84 Å². The Kier molecular flexibility index (Phi) is 2.75. The second-order valence-corrected chi connectivity index (χ2v) is 6.42. The molecule has 1 aromatic rings. The summed E-state index contributed by atoms with van der Waals surface area (Å²) in [5.41, 5.74) is 0. The molecule has 0 spiro atoms. The standard InChI is InChI=1S/C15H16N6O2/c22-15-8-2-1-3-17-11(8)6-18-21(15)7-12-19-14(20-23-12)13-9-4-16-5-10(9)13/h1-3,6,8-11,13,16H,4-5,7H2. The number of rotatable bonds is 3. The third-order valence-electron chi connectivity index (χ3n) is 5.09. The Bertz CT molecular complexity index is 728. The van der Waals surface area contributed by atoms with Crippen molar-refractivity contribution in [2.24, 2.45) is 27.8 Å². The molecule has 3 aliphatic heterocycles. The third kappa shape index (κ3) is 2.05. The minimum atomic E-state index is -0.284. The van der Waals surface area contributed by atoms with Gasteiger partial charge in [0.1, 0.15) is 12.6 Å². The Morgan fingerprint density at radius 1 is 1.35 bits per heavy atom. The number of carbonyl (C=O) groups excluding carboxylic acids is 1. The van der Waals surface area contributed by atoms with E-state index in [1.165, 1.54) is 5.01 Å². The number of nitrogens with one attached hydrogen (secondary N) is 1. The molecule has 4 heterocycles. The molecule has 23 heavy (non-hydrogen) atoms. The largest absolute Gasteiger partial charge is 0.337 e. The van der Waals surface area contributed by atoms with Crippen LogP contribution in [0.25, 0.3) is 0 Å². The maximum Gasteiger partial charge on any atom is 0.252 e. The van der Waals surface area contributed by atoms with Gasteiger partial charge in [-0.1, -0.05) is 11.2 Å². The first-order chi connectivity index (χ1) is 11.3. The summed E-state index contributed by atoms with van der Waals surface area (Å²) >= 11 is 0. The molecule has 0 bridgehead atoms. The van der Waals surface area contributed by atoms with E-state index in [-0.39, 0.29) is 24.4 Å². The number of nitrogens with zero attached hydrogens (tertiary/aromatic N) is 5. The zero-order valence-electron chi connectivity index (χ0n) is 12.4. The molecule has 4 atom stereocenters. The van der Waals surface area contributed by atoms with Crippen LogP contribution < -0.4 is 5.32 Å². The number of fused-ring (bicyclic) bond motifs is 2. The lowest BCUT2D eigenvalue weighted by Gasteiger charge is -2.28. The topological polar surface area (TPSA) is 96.0 Å². The number of carbonyl (C=O) groups is 1. The van der Waals surface area contributed by atoms with Gasteiger partial charge in [0.15, 0.2) is 5.82 Å². The lowest BCUT2D eigenvalue weighted by Crippen LogP contribution is -2.42. The highest BCUT2D eigenvalue weighted by Gasteiger charge is 2.56. The molecule has 1 saturated carbocycles. The summed E-state index contributed by atoms with van der Waals surface area (Å²) in [4.78, 5) is 21.2. The van der Waals surface area contributed by atoms with Crippen molar-refractivity contribution < 1.29 is 9.32 Å². The van der Waals surface area contributed by atoms with E-state index in [4.69, 9.17) is 4.52 Å². The molecule has 1 saturated heterocycles. The van der Waals surface area contributed by atoms with Crippen molar-refractivity contribution in [2.75, 3.05) is 13.1 Å². The molecule has 118 valence electrons. The van der Waals surface area contributed by atoms with Crippen molar-refractivity contribution in [2.45, 2.75) is 18.5 Å². The van der Waals surface area contributed by atoms with Crippen LogP contribution in [0.15, 0.2) is 26.8 Å². The van der Waals surface area contributed by atoms with E-state index >= 15 is 0 Å². The van der Waals surface area contributed by atoms with E-state index in [1.54, 1.807) is 18.5 Å². The van der Waals surface area contributed by atoms with E-state index in [9.17, 15) is 4.79 Å². The molecule has 4 aliphatic rings. The lowest BCUT2D eigenvalue weighted by atomic mass is 9.96. The molecule has 1 amide bonds. The predicted molar refractivity (Wildman–Crippen MR) is 80.8 cm³/mol. The Morgan fingerprint density at radius 2 is 2.22 bits per heavy atom. The number of allylic oxidation sites excluding steroid dienone is 1. The van der Waals surface area contributed by atoms with Crippen LogP contribution in [0, 0.1) is 17.8 Å². The van der Waals surface area contributed by atoms with Crippen molar-refractivity contribution in [3.63, 3.8) is 0 Å². The minimum absolute atomic E-state index is 0.0853. The Morgan fingerprint density at radius 3 is 3.09 bits per heavy atom. The van der Waals surface area contributed by atoms with Crippen molar-refractivity contribution in [3.8, 4) is 0 Å². The number of dihydropyridines is 1. The summed E-state index contributed by atoms with van der Waals surface area (Å²) < 4.78 is 5.32. The van der Waals surface area contributed by atoms with E-state index in [2.05, 4.69) is 25.6 Å². The Hall–Kier alpha value is -2.35. The molecule has 4 unspecified atom stereocenters. The molecule has 8 nitrogen and oxygen atoms in total. The molecule has 0 radical (unpaired) electrons. The summed E-state index contributed by atoms with van der Waals surface area (Å²) in [6.45, 7) is 2.28. The van der Waals surface area contributed by atoms with Crippen molar-refractivity contribution in [3.05, 3.63) is 23.9 Å². The highest BCUT2D eigenvalue weighted by molar-refractivity contribution is 5.92. The summed E-state index contributed by atoms with van der Waals surface area (Å²) in [5.74, 6) is 2.53. The molecule has 1 aromatic heterocycles. The van der Waals surface area contributed by atoms with Crippen LogP contribution in [0.4, 0.5) is 0 Å². The molecular weight excluding hydrogens is 296 g/mol. The van der Waals surface area contributed by atoms with Crippen LogP contribution in [-0.4, -0.2) is 52.6 Å². The fourth-order valence-electron chi connectivity index (χ4n) is 3.78. The number of hydrogen-bond acceptors (Lipinski definition) is 7. The van der Waals surface area contributed by atoms with Crippen molar-refractivity contribution in [1.82, 2.24) is 20.5 Å².